The number of hydrogen-bond donors (Lipinski definition) is 3. The Hall–Kier alpha value is -1.78. The Morgan fingerprint density at radius 3 is 2.94 bits per heavy atom. The number of para-hydroxylation sites is 1. The van der Waals surface area contributed by atoms with Gasteiger partial charge < -0.3 is 16.4 Å². The molecule has 0 heterocycles. The van der Waals surface area contributed by atoms with Crippen LogP contribution in [0.1, 0.15) is 19.3 Å². The van der Waals surface area contributed by atoms with Crippen LogP contribution in [0.5, 0.6) is 0 Å². The number of nitrogen functional groups attached to an aromatic ring is 1. The van der Waals surface area contributed by atoms with Crippen molar-refractivity contribution in [3.8, 4) is 0 Å². The van der Waals surface area contributed by atoms with Crippen molar-refractivity contribution in [1.82, 2.24) is 5.32 Å². The van der Waals surface area contributed by atoms with Crippen LogP contribution in [0.25, 0.3) is 0 Å². The fourth-order valence-corrected chi connectivity index (χ4v) is 1.53. The second-order valence-electron chi connectivity index (χ2n) is 4.22. The lowest BCUT2D eigenvalue weighted by Crippen LogP contribution is -2.27. The molecule has 4 N–H and O–H groups in total. The van der Waals surface area contributed by atoms with Gasteiger partial charge in [-0.1, -0.05) is 6.07 Å². The SMILES string of the molecule is Nc1c(F)cccc1NCCC(=O)NC1CC1. The van der Waals surface area contributed by atoms with Crippen molar-refractivity contribution in [3.05, 3.63) is 24.0 Å². The molecule has 0 atom stereocenters. The number of anilines is 2. The maximum Gasteiger partial charge on any atom is 0.221 e. The number of halogens is 1. The minimum atomic E-state index is -0.447. The molecule has 1 aliphatic rings. The molecule has 92 valence electrons. The van der Waals surface area contributed by atoms with Gasteiger partial charge in [-0.15, -0.1) is 0 Å². The van der Waals surface area contributed by atoms with E-state index in [-0.39, 0.29) is 11.6 Å². The summed E-state index contributed by atoms with van der Waals surface area (Å²) in [6, 6.07) is 4.96. The molecule has 1 saturated carbocycles. The summed E-state index contributed by atoms with van der Waals surface area (Å²) >= 11 is 0. The standard InChI is InChI=1S/C12H16FN3O/c13-9-2-1-3-10(12(9)14)15-7-6-11(17)16-8-4-5-8/h1-3,8,15H,4-7,14H2,(H,16,17). The largest absolute Gasteiger partial charge is 0.395 e. The van der Waals surface area contributed by atoms with Crippen molar-refractivity contribution in [3.63, 3.8) is 0 Å². The predicted octanol–water partition coefficient (Wildman–Crippen LogP) is 1.49. The first-order valence-corrected chi connectivity index (χ1v) is 5.74. The number of carbonyl (C=O) groups excluding carboxylic acids is 1. The highest BCUT2D eigenvalue weighted by molar-refractivity contribution is 5.77. The van der Waals surface area contributed by atoms with Gasteiger partial charge in [-0.05, 0) is 25.0 Å². The molecule has 1 aliphatic carbocycles. The van der Waals surface area contributed by atoms with E-state index >= 15 is 0 Å². The smallest absolute Gasteiger partial charge is 0.221 e. The molecule has 0 unspecified atom stereocenters. The Labute approximate surface area is 99.4 Å². The van der Waals surface area contributed by atoms with E-state index < -0.39 is 5.82 Å². The molecule has 5 heteroatoms. The van der Waals surface area contributed by atoms with Crippen LogP contribution in [-0.4, -0.2) is 18.5 Å². The van der Waals surface area contributed by atoms with Gasteiger partial charge in [-0.3, -0.25) is 4.79 Å². The summed E-state index contributed by atoms with van der Waals surface area (Å²) < 4.78 is 13.1. The zero-order chi connectivity index (χ0) is 12.3. The summed E-state index contributed by atoms with van der Waals surface area (Å²) in [4.78, 5) is 11.4. The number of nitrogens with two attached hydrogens (primary N) is 1. The van der Waals surface area contributed by atoms with Gasteiger partial charge in [0.1, 0.15) is 5.82 Å². The molecule has 1 fully saturated rings. The van der Waals surface area contributed by atoms with Crippen LogP contribution in [0.15, 0.2) is 18.2 Å². The first-order valence-electron chi connectivity index (χ1n) is 5.74. The molecular formula is C12H16FN3O. The van der Waals surface area contributed by atoms with Crippen LogP contribution in [-0.2, 0) is 4.79 Å². The number of benzene rings is 1. The summed E-state index contributed by atoms with van der Waals surface area (Å²) in [5.41, 5.74) is 6.18. The molecule has 4 nitrogen and oxygen atoms in total. The van der Waals surface area contributed by atoms with Gasteiger partial charge in [0.15, 0.2) is 0 Å². The van der Waals surface area contributed by atoms with Crippen LogP contribution in [0, 0.1) is 5.82 Å². The van der Waals surface area contributed by atoms with Crippen molar-refractivity contribution in [1.29, 1.82) is 0 Å². The van der Waals surface area contributed by atoms with E-state index in [0.717, 1.165) is 12.8 Å². The minimum Gasteiger partial charge on any atom is -0.395 e. The molecule has 17 heavy (non-hydrogen) atoms. The summed E-state index contributed by atoms with van der Waals surface area (Å²) in [6.07, 6.45) is 2.53. The number of carbonyl (C=O) groups is 1. The molecule has 1 aromatic carbocycles. The van der Waals surface area contributed by atoms with Gasteiger partial charge >= 0.3 is 0 Å². The van der Waals surface area contributed by atoms with Gasteiger partial charge in [0, 0.05) is 19.0 Å². The van der Waals surface area contributed by atoms with Crippen LogP contribution >= 0.6 is 0 Å². The number of hydrogen-bond acceptors (Lipinski definition) is 3. The van der Waals surface area contributed by atoms with E-state index in [1.165, 1.54) is 6.07 Å². The molecule has 0 bridgehead atoms. The third-order valence-corrected chi connectivity index (χ3v) is 2.66. The molecule has 0 spiro atoms. The van der Waals surface area contributed by atoms with Crippen LogP contribution in [0.4, 0.5) is 15.8 Å². The van der Waals surface area contributed by atoms with E-state index in [4.69, 9.17) is 5.73 Å². The van der Waals surface area contributed by atoms with Crippen LogP contribution < -0.4 is 16.4 Å². The van der Waals surface area contributed by atoms with Gasteiger partial charge in [0.25, 0.3) is 0 Å². The highest BCUT2D eigenvalue weighted by atomic mass is 19.1. The highest BCUT2D eigenvalue weighted by Crippen LogP contribution is 2.21. The Morgan fingerprint density at radius 1 is 1.47 bits per heavy atom. The van der Waals surface area contributed by atoms with Crippen molar-refractivity contribution in [2.75, 3.05) is 17.6 Å². The lowest BCUT2D eigenvalue weighted by Gasteiger charge is -2.09. The quantitative estimate of drug-likeness (QED) is 0.680. The number of nitrogens with one attached hydrogen (secondary N) is 2. The van der Waals surface area contributed by atoms with Gasteiger partial charge in [0.05, 0.1) is 11.4 Å². The van der Waals surface area contributed by atoms with E-state index in [1.807, 2.05) is 0 Å². The van der Waals surface area contributed by atoms with E-state index in [2.05, 4.69) is 10.6 Å². The van der Waals surface area contributed by atoms with Crippen molar-refractivity contribution in [2.45, 2.75) is 25.3 Å². The average Bonchev–Trinajstić information content (AvgIpc) is 3.08. The summed E-state index contributed by atoms with van der Waals surface area (Å²) in [6.45, 7) is 0.451. The van der Waals surface area contributed by atoms with E-state index in [1.54, 1.807) is 12.1 Å². The second kappa shape index (κ2) is 5.03. The highest BCUT2D eigenvalue weighted by Gasteiger charge is 2.22. The number of amides is 1. The lowest BCUT2D eigenvalue weighted by atomic mass is 10.2. The topological polar surface area (TPSA) is 67.1 Å². The summed E-state index contributed by atoms with van der Waals surface area (Å²) in [5.74, 6) is -0.424. The number of rotatable bonds is 5. The Kier molecular flexibility index (Phi) is 3.46. The lowest BCUT2D eigenvalue weighted by molar-refractivity contribution is -0.120. The third kappa shape index (κ3) is 3.34. The molecule has 0 radical (unpaired) electrons. The Morgan fingerprint density at radius 2 is 2.24 bits per heavy atom. The Balaban J connectivity index is 1.77. The average molecular weight is 237 g/mol. The minimum absolute atomic E-state index is 0.0231. The van der Waals surface area contributed by atoms with E-state index in [9.17, 15) is 9.18 Å². The molecular weight excluding hydrogens is 221 g/mol. The molecule has 1 aromatic rings. The first kappa shape index (κ1) is 11.7. The molecule has 0 aliphatic heterocycles. The second-order valence-corrected chi connectivity index (χ2v) is 4.22. The van der Waals surface area contributed by atoms with Crippen molar-refractivity contribution >= 4 is 17.3 Å². The maximum absolute atomic E-state index is 13.1. The van der Waals surface area contributed by atoms with Gasteiger partial charge in [-0.25, -0.2) is 4.39 Å². The molecule has 0 saturated heterocycles. The fourth-order valence-electron chi connectivity index (χ4n) is 1.53. The fraction of sp³-hybridized carbons (Fsp3) is 0.417. The summed E-state index contributed by atoms with van der Waals surface area (Å²) in [5, 5.41) is 5.83. The van der Waals surface area contributed by atoms with E-state index in [0.29, 0.717) is 24.7 Å². The van der Waals surface area contributed by atoms with Gasteiger partial charge in [0.2, 0.25) is 5.91 Å². The maximum atomic E-state index is 13.1. The van der Waals surface area contributed by atoms with Crippen molar-refractivity contribution < 1.29 is 9.18 Å². The molecule has 0 aromatic heterocycles. The monoisotopic (exact) mass is 237 g/mol. The van der Waals surface area contributed by atoms with Gasteiger partial charge in [-0.2, -0.15) is 0 Å². The van der Waals surface area contributed by atoms with Crippen LogP contribution in [0.3, 0.4) is 0 Å². The third-order valence-electron chi connectivity index (χ3n) is 2.66. The first-order chi connectivity index (χ1) is 8.16. The van der Waals surface area contributed by atoms with Crippen LogP contribution in [0.2, 0.25) is 0 Å². The predicted molar refractivity (Wildman–Crippen MR) is 65.1 cm³/mol. The summed E-state index contributed by atoms with van der Waals surface area (Å²) in [7, 11) is 0. The molecule has 2 rings (SSSR count). The zero-order valence-electron chi connectivity index (χ0n) is 9.50. The Bertz CT molecular complexity index is 418. The normalized spacial score (nSPS) is 14.4. The molecule has 1 amide bonds. The zero-order valence-corrected chi connectivity index (χ0v) is 9.50. The van der Waals surface area contributed by atoms with Crippen molar-refractivity contribution in [2.24, 2.45) is 0 Å².